The molecule has 1 N–H and O–H groups in total. The van der Waals surface area contributed by atoms with Gasteiger partial charge in [-0.15, -0.1) is 0 Å². The van der Waals surface area contributed by atoms with E-state index in [-0.39, 0.29) is 0 Å². The van der Waals surface area contributed by atoms with Crippen LogP contribution in [0.1, 0.15) is 38.5 Å². The molecule has 0 amide bonds. The van der Waals surface area contributed by atoms with Gasteiger partial charge < -0.3 is 5.32 Å². The first-order chi connectivity index (χ1) is 6.38. The summed E-state index contributed by atoms with van der Waals surface area (Å²) < 4.78 is 13.4. The van der Waals surface area contributed by atoms with Gasteiger partial charge in [0.05, 0.1) is 0 Å². The van der Waals surface area contributed by atoms with Gasteiger partial charge in [-0.3, -0.25) is 0 Å². The summed E-state index contributed by atoms with van der Waals surface area (Å²) in [6, 6.07) is 0. The van der Waals surface area contributed by atoms with Crippen LogP contribution in [0, 0.1) is 11.8 Å². The van der Waals surface area contributed by atoms with Gasteiger partial charge in [0.2, 0.25) is 0 Å². The standard InChI is InChI=1S/C11H20FN/c12-11-8-13-7-10(11)9-5-3-1-2-4-6-9/h9-11,13H,1-8H2. The number of alkyl halides is 1. The largest absolute Gasteiger partial charge is 0.313 e. The molecule has 2 aliphatic rings. The van der Waals surface area contributed by atoms with E-state index in [0.29, 0.717) is 18.4 Å². The maximum absolute atomic E-state index is 13.4. The molecule has 2 atom stereocenters. The summed E-state index contributed by atoms with van der Waals surface area (Å²) in [6.45, 7) is 1.52. The van der Waals surface area contributed by atoms with Gasteiger partial charge >= 0.3 is 0 Å². The van der Waals surface area contributed by atoms with E-state index in [1.165, 1.54) is 38.5 Å². The van der Waals surface area contributed by atoms with Crippen LogP contribution >= 0.6 is 0 Å². The molecule has 0 radical (unpaired) electrons. The first-order valence-corrected chi connectivity index (χ1v) is 5.72. The minimum Gasteiger partial charge on any atom is -0.313 e. The number of halogens is 1. The third-order valence-electron chi connectivity index (χ3n) is 3.69. The van der Waals surface area contributed by atoms with Crippen LogP contribution in [0.5, 0.6) is 0 Å². The highest BCUT2D eigenvalue weighted by Crippen LogP contribution is 2.33. The Labute approximate surface area is 80.1 Å². The van der Waals surface area contributed by atoms with Crippen molar-refractivity contribution < 1.29 is 4.39 Å². The SMILES string of the molecule is FC1CNCC1C1CCCCCC1. The van der Waals surface area contributed by atoms with Crippen molar-refractivity contribution in [2.75, 3.05) is 13.1 Å². The predicted octanol–water partition coefficient (Wildman–Crippen LogP) is 2.51. The zero-order chi connectivity index (χ0) is 9.10. The lowest BCUT2D eigenvalue weighted by Gasteiger charge is -2.22. The van der Waals surface area contributed by atoms with Gasteiger partial charge in [-0.05, 0) is 5.92 Å². The molecular formula is C11H20FN. The first-order valence-electron chi connectivity index (χ1n) is 5.72. The van der Waals surface area contributed by atoms with Gasteiger partial charge in [-0.2, -0.15) is 0 Å². The molecule has 1 heterocycles. The fraction of sp³-hybridized carbons (Fsp3) is 1.00. The fourth-order valence-corrected chi connectivity index (χ4v) is 2.87. The number of hydrogen-bond donors (Lipinski definition) is 1. The molecule has 2 unspecified atom stereocenters. The van der Waals surface area contributed by atoms with Gasteiger partial charge in [0.1, 0.15) is 6.17 Å². The van der Waals surface area contributed by atoms with Crippen molar-refractivity contribution in [3.05, 3.63) is 0 Å². The highest BCUT2D eigenvalue weighted by Gasteiger charge is 2.33. The Bertz CT molecular complexity index is 152. The summed E-state index contributed by atoms with van der Waals surface area (Å²) in [7, 11) is 0. The van der Waals surface area contributed by atoms with E-state index in [1.54, 1.807) is 0 Å². The van der Waals surface area contributed by atoms with E-state index in [0.717, 1.165) is 6.54 Å². The van der Waals surface area contributed by atoms with E-state index >= 15 is 0 Å². The third-order valence-corrected chi connectivity index (χ3v) is 3.69. The molecule has 0 spiro atoms. The lowest BCUT2D eigenvalue weighted by atomic mass is 9.85. The summed E-state index contributed by atoms with van der Waals surface area (Å²) in [5.74, 6) is 1.01. The monoisotopic (exact) mass is 185 g/mol. The van der Waals surface area contributed by atoms with Crippen molar-refractivity contribution in [1.82, 2.24) is 5.32 Å². The van der Waals surface area contributed by atoms with Crippen LogP contribution in [-0.4, -0.2) is 19.3 Å². The number of nitrogens with one attached hydrogen (secondary N) is 1. The third kappa shape index (κ3) is 2.22. The van der Waals surface area contributed by atoms with Gasteiger partial charge in [0.25, 0.3) is 0 Å². The molecule has 13 heavy (non-hydrogen) atoms. The molecule has 0 aromatic rings. The molecule has 1 saturated heterocycles. The molecule has 1 nitrogen and oxygen atoms in total. The molecule has 1 saturated carbocycles. The van der Waals surface area contributed by atoms with Crippen molar-refractivity contribution >= 4 is 0 Å². The summed E-state index contributed by atoms with van der Waals surface area (Å²) in [6.07, 6.45) is 7.37. The van der Waals surface area contributed by atoms with E-state index in [2.05, 4.69) is 5.32 Å². The molecule has 1 aliphatic heterocycles. The topological polar surface area (TPSA) is 12.0 Å². The fourth-order valence-electron chi connectivity index (χ4n) is 2.87. The lowest BCUT2D eigenvalue weighted by Crippen LogP contribution is -2.23. The first kappa shape index (κ1) is 9.45. The summed E-state index contributed by atoms with van der Waals surface area (Å²) in [4.78, 5) is 0. The Morgan fingerprint density at radius 1 is 0.923 bits per heavy atom. The molecule has 2 rings (SSSR count). The van der Waals surface area contributed by atoms with Crippen molar-refractivity contribution in [2.45, 2.75) is 44.7 Å². The van der Waals surface area contributed by atoms with Crippen molar-refractivity contribution in [3.8, 4) is 0 Å². The maximum atomic E-state index is 13.4. The van der Waals surface area contributed by atoms with Crippen LogP contribution < -0.4 is 5.32 Å². The van der Waals surface area contributed by atoms with Crippen molar-refractivity contribution in [2.24, 2.45) is 11.8 Å². The summed E-state index contributed by atoms with van der Waals surface area (Å²) in [5, 5.41) is 3.16. The van der Waals surface area contributed by atoms with Crippen LogP contribution in [0.15, 0.2) is 0 Å². The average molecular weight is 185 g/mol. The Morgan fingerprint density at radius 2 is 1.62 bits per heavy atom. The van der Waals surface area contributed by atoms with Gasteiger partial charge in [-0.1, -0.05) is 38.5 Å². The summed E-state index contributed by atoms with van der Waals surface area (Å²) in [5.41, 5.74) is 0. The van der Waals surface area contributed by atoms with Crippen LogP contribution in [0.3, 0.4) is 0 Å². The highest BCUT2D eigenvalue weighted by molar-refractivity contribution is 4.86. The second-order valence-corrected chi connectivity index (χ2v) is 4.59. The van der Waals surface area contributed by atoms with Crippen molar-refractivity contribution in [3.63, 3.8) is 0 Å². The van der Waals surface area contributed by atoms with Crippen LogP contribution in [0.4, 0.5) is 4.39 Å². The predicted molar refractivity (Wildman–Crippen MR) is 52.4 cm³/mol. The Kier molecular flexibility index (Phi) is 3.20. The molecule has 76 valence electrons. The normalized spacial score (nSPS) is 37.6. The van der Waals surface area contributed by atoms with Gasteiger partial charge in [0.15, 0.2) is 0 Å². The molecule has 2 fully saturated rings. The average Bonchev–Trinajstić information content (AvgIpc) is 2.43. The molecule has 2 heteroatoms. The number of hydrogen-bond acceptors (Lipinski definition) is 1. The molecular weight excluding hydrogens is 165 g/mol. The molecule has 0 bridgehead atoms. The minimum absolute atomic E-state index is 0.332. The van der Waals surface area contributed by atoms with Crippen LogP contribution in [0.2, 0.25) is 0 Å². The van der Waals surface area contributed by atoms with Gasteiger partial charge in [0, 0.05) is 19.0 Å². The summed E-state index contributed by atoms with van der Waals surface area (Å²) >= 11 is 0. The Balaban J connectivity index is 1.89. The van der Waals surface area contributed by atoms with E-state index < -0.39 is 6.17 Å². The Morgan fingerprint density at radius 3 is 2.15 bits per heavy atom. The number of rotatable bonds is 1. The lowest BCUT2D eigenvalue weighted by molar-refractivity contribution is 0.199. The second kappa shape index (κ2) is 4.41. The quantitative estimate of drug-likeness (QED) is 0.619. The molecule has 0 aromatic heterocycles. The van der Waals surface area contributed by atoms with Crippen LogP contribution in [0.25, 0.3) is 0 Å². The molecule has 0 aromatic carbocycles. The smallest absolute Gasteiger partial charge is 0.117 e. The Hall–Kier alpha value is -0.110. The maximum Gasteiger partial charge on any atom is 0.117 e. The van der Waals surface area contributed by atoms with E-state index in [9.17, 15) is 4.39 Å². The molecule has 1 aliphatic carbocycles. The van der Waals surface area contributed by atoms with Crippen molar-refractivity contribution in [1.29, 1.82) is 0 Å². The second-order valence-electron chi connectivity index (χ2n) is 4.59. The zero-order valence-electron chi connectivity index (χ0n) is 8.27. The van der Waals surface area contributed by atoms with E-state index in [1.807, 2.05) is 0 Å². The highest BCUT2D eigenvalue weighted by atomic mass is 19.1. The van der Waals surface area contributed by atoms with E-state index in [4.69, 9.17) is 0 Å². The van der Waals surface area contributed by atoms with Crippen LogP contribution in [-0.2, 0) is 0 Å². The zero-order valence-corrected chi connectivity index (χ0v) is 8.27. The minimum atomic E-state index is -0.567. The van der Waals surface area contributed by atoms with Gasteiger partial charge in [-0.25, -0.2) is 4.39 Å².